The predicted molar refractivity (Wildman–Crippen MR) is 58.3 cm³/mol. The second-order valence-corrected chi connectivity index (χ2v) is 4.35. The van der Waals surface area contributed by atoms with Crippen molar-refractivity contribution >= 4 is 17.2 Å². The zero-order chi connectivity index (χ0) is 10.7. The molecule has 0 radical (unpaired) electrons. The van der Waals surface area contributed by atoms with Crippen molar-refractivity contribution in [3.63, 3.8) is 0 Å². The van der Waals surface area contributed by atoms with Crippen LogP contribution in [0.4, 0.5) is 0 Å². The van der Waals surface area contributed by atoms with Gasteiger partial charge >= 0.3 is 0 Å². The first-order valence-electron chi connectivity index (χ1n) is 4.41. The van der Waals surface area contributed by atoms with E-state index in [9.17, 15) is 4.79 Å². The van der Waals surface area contributed by atoms with Gasteiger partial charge in [0.25, 0.3) is 0 Å². The molecule has 1 amide bonds. The number of hydrogen-bond acceptors (Lipinski definition) is 3. The second-order valence-electron chi connectivity index (χ2n) is 3.12. The Bertz CT molecular complexity index is 357. The highest BCUT2D eigenvalue weighted by molar-refractivity contribution is 7.11. The number of thiazole rings is 1. The smallest absolute Gasteiger partial charge is 0.243 e. The zero-order valence-corrected chi connectivity index (χ0v) is 9.44. The molecule has 0 aromatic carbocycles. The van der Waals surface area contributed by atoms with Gasteiger partial charge in [-0.05, 0) is 26.8 Å². The van der Waals surface area contributed by atoms with Gasteiger partial charge in [0.1, 0.15) is 0 Å². The first-order valence-corrected chi connectivity index (χ1v) is 5.23. The van der Waals surface area contributed by atoms with E-state index in [1.165, 1.54) is 6.08 Å². The summed E-state index contributed by atoms with van der Waals surface area (Å²) in [4.78, 5) is 16.5. The van der Waals surface area contributed by atoms with Crippen molar-refractivity contribution in [2.45, 2.75) is 26.8 Å². The van der Waals surface area contributed by atoms with E-state index >= 15 is 0 Å². The van der Waals surface area contributed by atoms with Crippen molar-refractivity contribution < 1.29 is 4.79 Å². The van der Waals surface area contributed by atoms with Crippen molar-refractivity contribution in [2.75, 3.05) is 0 Å². The van der Waals surface area contributed by atoms with Crippen LogP contribution < -0.4 is 5.32 Å². The summed E-state index contributed by atoms with van der Waals surface area (Å²) >= 11 is 1.61. The van der Waals surface area contributed by atoms with E-state index in [-0.39, 0.29) is 11.9 Å². The monoisotopic (exact) mass is 210 g/mol. The van der Waals surface area contributed by atoms with Gasteiger partial charge in [-0.3, -0.25) is 4.79 Å². The summed E-state index contributed by atoms with van der Waals surface area (Å²) in [5.74, 6) is -0.150. The fourth-order valence-corrected chi connectivity index (χ4v) is 2.22. The van der Waals surface area contributed by atoms with E-state index in [1.807, 2.05) is 20.8 Å². The number of amides is 1. The molecule has 0 spiro atoms. The molecule has 1 heterocycles. The number of carbonyl (C=O) groups excluding carboxylic acids is 1. The third-order valence-electron chi connectivity index (χ3n) is 1.88. The molecule has 1 unspecified atom stereocenters. The summed E-state index contributed by atoms with van der Waals surface area (Å²) in [6.45, 7) is 9.27. The Hall–Kier alpha value is -1.16. The van der Waals surface area contributed by atoms with Crippen LogP contribution in [0.5, 0.6) is 0 Å². The number of aromatic nitrogens is 1. The largest absolute Gasteiger partial charge is 0.345 e. The minimum Gasteiger partial charge on any atom is -0.345 e. The van der Waals surface area contributed by atoms with Gasteiger partial charge < -0.3 is 5.32 Å². The average molecular weight is 210 g/mol. The van der Waals surface area contributed by atoms with Crippen LogP contribution in [0.2, 0.25) is 0 Å². The van der Waals surface area contributed by atoms with Crippen LogP contribution in [0.1, 0.15) is 28.5 Å². The normalized spacial score (nSPS) is 12.2. The number of rotatable bonds is 3. The van der Waals surface area contributed by atoms with Crippen LogP contribution in [-0.4, -0.2) is 10.9 Å². The Morgan fingerprint density at radius 2 is 2.29 bits per heavy atom. The number of nitrogens with one attached hydrogen (secondary N) is 1. The molecule has 4 heteroatoms. The maximum absolute atomic E-state index is 11.1. The first kappa shape index (κ1) is 10.9. The summed E-state index contributed by atoms with van der Waals surface area (Å²) in [6.07, 6.45) is 1.28. The molecule has 1 rings (SSSR count). The molecule has 0 bridgehead atoms. The van der Waals surface area contributed by atoms with Crippen LogP contribution in [0, 0.1) is 13.8 Å². The number of hydrogen-bond donors (Lipinski definition) is 1. The Balaban J connectivity index is 2.78. The number of carbonyl (C=O) groups is 1. The highest BCUT2D eigenvalue weighted by atomic mass is 32.1. The molecule has 1 aromatic rings. The molecule has 0 aliphatic rings. The molecule has 3 nitrogen and oxygen atoms in total. The van der Waals surface area contributed by atoms with Gasteiger partial charge in [-0.1, -0.05) is 6.58 Å². The van der Waals surface area contributed by atoms with Crippen molar-refractivity contribution in [1.29, 1.82) is 0 Å². The molecule has 0 aliphatic carbocycles. The summed E-state index contributed by atoms with van der Waals surface area (Å²) in [6, 6.07) is 0.00620. The SMILES string of the molecule is C=CC(=O)NC(C)c1sc(C)nc1C. The fourth-order valence-electron chi connectivity index (χ4n) is 1.29. The third kappa shape index (κ3) is 2.42. The molecule has 14 heavy (non-hydrogen) atoms. The highest BCUT2D eigenvalue weighted by Gasteiger charge is 2.13. The number of nitrogens with zero attached hydrogens (tertiary/aromatic N) is 1. The first-order chi connectivity index (χ1) is 6.54. The van der Waals surface area contributed by atoms with Crippen molar-refractivity contribution in [2.24, 2.45) is 0 Å². The van der Waals surface area contributed by atoms with E-state index in [4.69, 9.17) is 0 Å². The van der Waals surface area contributed by atoms with Gasteiger partial charge in [0.05, 0.1) is 16.7 Å². The lowest BCUT2D eigenvalue weighted by Crippen LogP contribution is -2.24. The maximum atomic E-state index is 11.1. The standard InChI is InChI=1S/C10H14N2OS/c1-5-9(13)12-7(3)10-6(2)11-8(4)14-10/h5,7H,1H2,2-4H3,(H,12,13). The molecule has 76 valence electrons. The summed E-state index contributed by atoms with van der Waals surface area (Å²) in [5, 5.41) is 3.84. The molecule has 0 saturated carbocycles. The van der Waals surface area contributed by atoms with E-state index < -0.39 is 0 Å². The lowest BCUT2D eigenvalue weighted by atomic mass is 10.2. The van der Waals surface area contributed by atoms with Gasteiger partial charge in [0.15, 0.2) is 0 Å². The Morgan fingerprint density at radius 1 is 1.64 bits per heavy atom. The van der Waals surface area contributed by atoms with E-state index in [2.05, 4.69) is 16.9 Å². The molecule has 0 fully saturated rings. The lowest BCUT2D eigenvalue weighted by molar-refractivity contribution is -0.117. The van der Waals surface area contributed by atoms with Crippen LogP contribution in [0.15, 0.2) is 12.7 Å². The van der Waals surface area contributed by atoms with Crippen LogP contribution in [-0.2, 0) is 4.79 Å². The topological polar surface area (TPSA) is 42.0 Å². The Kier molecular flexibility index (Phi) is 3.41. The Morgan fingerprint density at radius 3 is 2.71 bits per heavy atom. The zero-order valence-electron chi connectivity index (χ0n) is 8.63. The molecule has 1 N–H and O–H groups in total. The minimum atomic E-state index is -0.150. The van der Waals surface area contributed by atoms with Crippen molar-refractivity contribution in [3.8, 4) is 0 Å². The Labute approximate surface area is 87.9 Å². The van der Waals surface area contributed by atoms with Gasteiger partial charge in [-0.2, -0.15) is 0 Å². The summed E-state index contributed by atoms with van der Waals surface area (Å²) < 4.78 is 0. The second kappa shape index (κ2) is 4.37. The predicted octanol–water partition coefficient (Wildman–Crippen LogP) is 2.12. The molecule has 1 aromatic heterocycles. The van der Waals surface area contributed by atoms with Crippen LogP contribution in [0.25, 0.3) is 0 Å². The molecule has 0 saturated heterocycles. The minimum absolute atomic E-state index is 0.00620. The molecule has 1 atom stereocenters. The summed E-state index contributed by atoms with van der Waals surface area (Å²) in [7, 11) is 0. The quantitative estimate of drug-likeness (QED) is 0.776. The lowest BCUT2D eigenvalue weighted by Gasteiger charge is -2.10. The molecule has 0 aliphatic heterocycles. The van der Waals surface area contributed by atoms with E-state index in [0.29, 0.717) is 0 Å². The summed E-state index contributed by atoms with van der Waals surface area (Å²) in [5.41, 5.74) is 0.990. The van der Waals surface area contributed by atoms with Crippen molar-refractivity contribution in [3.05, 3.63) is 28.2 Å². The average Bonchev–Trinajstić information content (AvgIpc) is 2.45. The maximum Gasteiger partial charge on any atom is 0.243 e. The van der Waals surface area contributed by atoms with Crippen LogP contribution >= 0.6 is 11.3 Å². The molecular weight excluding hydrogens is 196 g/mol. The third-order valence-corrected chi connectivity index (χ3v) is 3.13. The van der Waals surface area contributed by atoms with Gasteiger partial charge in [0.2, 0.25) is 5.91 Å². The van der Waals surface area contributed by atoms with Gasteiger partial charge in [0, 0.05) is 4.88 Å². The van der Waals surface area contributed by atoms with Gasteiger partial charge in [-0.15, -0.1) is 11.3 Å². The molecular formula is C10H14N2OS. The van der Waals surface area contributed by atoms with Crippen LogP contribution in [0.3, 0.4) is 0 Å². The van der Waals surface area contributed by atoms with E-state index in [0.717, 1.165) is 15.6 Å². The van der Waals surface area contributed by atoms with Gasteiger partial charge in [-0.25, -0.2) is 4.98 Å². The fraction of sp³-hybridized carbons (Fsp3) is 0.400. The number of aryl methyl sites for hydroxylation is 2. The highest BCUT2D eigenvalue weighted by Crippen LogP contribution is 2.24. The van der Waals surface area contributed by atoms with E-state index in [1.54, 1.807) is 11.3 Å². The van der Waals surface area contributed by atoms with Crippen molar-refractivity contribution in [1.82, 2.24) is 10.3 Å².